The van der Waals surface area contributed by atoms with Crippen LogP contribution in [-0.2, 0) is 32.1 Å². The van der Waals surface area contributed by atoms with E-state index in [1.807, 2.05) is 25.1 Å². The number of fused-ring (bicyclic) bond motifs is 1. The maximum Gasteiger partial charge on any atom is 0.314 e. The number of amides is 1. The fourth-order valence-electron chi connectivity index (χ4n) is 6.51. The third kappa shape index (κ3) is 6.51. The second-order valence-electron chi connectivity index (χ2n) is 11.5. The van der Waals surface area contributed by atoms with Gasteiger partial charge in [-0.2, -0.15) is 10.3 Å². The van der Waals surface area contributed by atoms with E-state index in [9.17, 15) is 14.9 Å². The second kappa shape index (κ2) is 13.8. The lowest BCUT2D eigenvalue weighted by Gasteiger charge is -2.44. The number of ether oxygens (including phenoxy) is 3. The van der Waals surface area contributed by atoms with Crippen molar-refractivity contribution in [3.05, 3.63) is 48.1 Å². The van der Waals surface area contributed by atoms with Crippen LogP contribution in [0.4, 0.5) is 0 Å². The van der Waals surface area contributed by atoms with Crippen molar-refractivity contribution in [1.82, 2.24) is 14.7 Å². The molecule has 2 saturated heterocycles. The summed E-state index contributed by atoms with van der Waals surface area (Å²) in [6, 6.07) is 8.14. The van der Waals surface area contributed by atoms with Crippen LogP contribution in [0.15, 0.2) is 40.8 Å². The van der Waals surface area contributed by atoms with Crippen LogP contribution in [0.2, 0.25) is 0 Å². The number of methoxy groups -OCH3 is 1. The van der Waals surface area contributed by atoms with Gasteiger partial charge in [-0.1, -0.05) is 25.6 Å². The maximum atomic E-state index is 14.2. The van der Waals surface area contributed by atoms with E-state index in [-0.39, 0.29) is 48.7 Å². The van der Waals surface area contributed by atoms with E-state index in [0.717, 1.165) is 36.3 Å². The Morgan fingerprint density at radius 3 is 2.77 bits per heavy atom. The van der Waals surface area contributed by atoms with E-state index in [4.69, 9.17) is 24.2 Å². The summed E-state index contributed by atoms with van der Waals surface area (Å²) in [5, 5.41) is 9.51. The Labute approximate surface area is 253 Å². The van der Waals surface area contributed by atoms with Crippen LogP contribution < -0.4 is 4.74 Å². The molecule has 2 fully saturated rings. The van der Waals surface area contributed by atoms with Crippen molar-refractivity contribution >= 4 is 23.4 Å². The zero-order chi connectivity index (χ0) is 30.5. The number of piperazine rings is 1. The predicted molar refractivity (Wildman–Crippen MR) is 161 cm³/mol. The van der Waals surface area contributed by atoms with Crippen LogP contribution in [0.3, 0.4) is 0 Å². The highest BCUT2D eigenvalue weighted by Crippen LogP contribution is 2.35. The van der Waals surface area contributed by atoms with Crippen LogP contribution in [0, 0.1) is 23.4 Å². The monoisotopic (exact) mass is 589 g/mol. The number of benzene rings is 1. The molecular weight excluding hydrogens is 548 g/mol. The molecule has 1 aromatic rings. The van der Waals surface area contributed by atoms with Gasteiger partial charge in [-0.3, -0.25) is 14.5 Å². The Bertz CT molecular complexity index is 1320. The molecule has 4 atom stereocenters. The molecule has 11 heteroatoms. The zero-order valence-electron chi connectivity index (χ0n) is 25.3. The highest BCUT2D eigenvalue weighted by molar-refractivity contribution is 6.44. The van der Waals surface area contributed by atoms with Crippen molar-refractivity contribution in [2.75, 3.05) is 46.9 Å². The maximum absolute atomic E-state index is 14.2. The summed E-state index contributed by atoms with van der Waals surface area (Å²) in [5.74, 6) is -0.00621. The average molecular weight is 590 g/mol. The summed E-state index contributed by atoms with van der Waals surface area (Å²) in [5.41, 5.74) is 2.36. The second-order valence-corrected chi connectivity index (χ2v) is 11.5. The molecule has 0 saturated carbocycles. The Hall–Kier alpha value is -3.59. The smallest absolute Gasteiger partial charge is 0.314 e. The zero-order valence-corrected chi connectivity index (χ0v) is 25.3. The molecule has 0 spiro atoms. The van der Waals surface area contributed by atoms with Gasteiger partial charge in [-0.25, -0.2) is 4.99 Å². The van der Waals surface area contributed by atoms with E-state index < -0.39 is 6.10 Å². The van der Waals surface area contributed by atoms with Crippen molar-refractivity contribution in [2.24, 2.45) is 15.9 Å². The molecule has 0 aromatic heterocycles. The molecule has 229 valence electrons. The lowest BCUT2D eigenvalue weighted by Crippen LogP contribution is -2.57. The number of likely N-dealkylation sites (tertiary alicyclic amines) is 1. The first-order valence-corrected chi connectivity index (χ1v) is 15.1. The number of likely N-dealkylation sites (N-methyl/N-ethyl adjacent to an activating group) is 1. The number of amidine groups is 1. The number of carbonyl (C=O) groups excluding carboxylic acids is 2. The van der Waals surface area contributed by atoms with Gasteiger partial charge in [-0.05, 0) is 50.6 Å². The van der Waals surface area contributed by atoms with E-state index >= 15 is 0 Å². The molecule has 11 nitrogen and oxygen atoms in total. The van der Waals surface area contributed by atoms with E-state index in [0.29, 0.717) is 51.0 Å². The van der Waals surface area contributed by atoms with Gasteiger partial charge in [0.1, 0.15) is 18.5 Å². The summed E-state index contributed by atoms with van der Waals surface area (Å²) in [6.07, 6.45) is 4.61. The van der Waals surface area contributed by atoms with Crippen LogP contribution in [0.25, 0.3) is 0 Å². The molecule has 0 bridgehead atoms. The summed E-state index contributed by atoms with van der Waals surface area (Å²) in [7, 11) is 3.71. The number of Topliss-reactive ketones (excluding diaryl/α,β-unsaturated/α-hetero) is 1. The summed E-state index contributed by atoms with van der Waals surface area (Å²) >= 11 is 0. The van der Waals surface area contributed by atoms with Crippen LogP contribution in [0.5, 0.6) is 5.75 Å². The quantitative estimate of drug-likeness (QED) is 0.404. The number of nitrogens with zero attached hydrogens (tertiary/aromatic N) is 6. The molecule has 5 rings (SSSR count). The molecule has 3 unspecified atom stereocenters. The standard InChI is InChI=1S/C32H41N6O5/c1-5-24-29(30(40)27-17-21-9-7-11-26(41-4)25(21)20-42-27)34-32(43-19-23-10-8-14-36(23)3)35-31(24)37-15-16-38(28(39)6-2)22(18-37)12-13-33/h6-7,9,11,22-24,27H,2,5,8,10,12,14-20H2,1,3-4H3/t22?,23?,24?,27-/m0/s1. The molecule has 1 radical (unpaired) electrons. The Kier molecular flexibility index (Phi) is 9.90. The lowest BCUT2D eigenvalue weighted by molar-refractivity contribution is -0.130. The fraction of sp³-hybridized carbons (Fsp3) is 0.562. The van der Waals surface area contributed by atoms with Gasteiger partial charge < -0.3 is 24.0 Å². The summed E-state index contributed by atoms with van der Waals surface area (Å²) < 4.78 is 17.8. The third-order valence-corrected chi connectivity index (χ3v) is 8.97. The van der Waals surface area contributed by atoms with Gasteiger partial charge in [0, 0.05) is 43.6 Å². The minimum Gasteiger partial charge on any atom is -0.496 e. The largest absolute Gasteiger partial charge is 0.496 e. The number of aliphatic imine (C=N–C) groups is 2. The highest BCUT2D eigenvalue weighted by Gasteiger charge is 2.44. The van der Waals surface area contributed by atoms with Crippen molar-refractivity contribution < 1.29 is 23.8 Å². The fourth-order valence-corrected chi connectivity index (χ4v) is 6.51. The van der Waals surface area contributed by atoms with Gasteiger partial charge >= 0.3 is 6.02 Å². The number of hydrogen-bond acceptors (Lipinski definition) is 10. The van der Waals surface area contributed by atoms with Gasteiger partial charge in [0.25, 0.3) is 0 Å². The van der Waals surface area contributed by atoms with Crippen molar-refractivity contribution in [3.8, 4) is 11.8 Å². The summed E-state index contributed by atoms with van der Waals surface area (Å²) in [6.45, 7) is 8.68. The first-order chi connectivity index (χ1) is 20.9. The number of carbonyl (C=O) groups is 2. The minimum atomic E-state index is -0.692. The topological polar surface area (TPSA) is 120 Å². The number of nitriles is 1. The average Bonchev–Trinajstić information content (AvgIpc) is 3.46. The number of ketones is 1. The minimum absolute atomic E-state index is 0.169. The molecule has 0 N–H and O–H groups in total. The number of hydrogen-bond donors (Lipinski definition) is 0. The summed E-state index contributed by atoms with van der Waals surface area (Å²) in [4.78, 5) is 42.4. The predicted octanol–water partition coefficient (Wildman–Crippen LogP) is 2.76. The van der Waals surface area contributed by atoms with Crippen LogP contribution >= 0.6 is 0 Å². The SMILES string of the molecule is C=CC(=O)N1CCN([C]2N=C(OCC3CCCN3C)N=C(C(=O)[C@@H]3Cc4cccc(OC)c4CO3)C2CC)CC1CC#N. The van der Waals surface area contributed by atoms with Crippen LogP contribution in [0.1, 0.15) is 43.7 Å². The van der Waals surface area contributed by atoms with Gasteiger partial charge in [0.05, 0.1) is 38.0 Å². The van der Waals surface area contributed by atoms with Gasteiger partial charge in [0.2, 0.25) is 11.7 Å². The Morgan fingerprint density at radius 1 is 1.23 bits per heavy atom. The van der Waals surface area contributed by atoms with E-state index in [2.05, 4.69) is 29.5 Å². The molecular formula is C32H41N6O5. The van der Waals surface area contributed by atoms with E-state index in [1.165, 1.54) is 6.08 Å². The van der Waals surface area contributed by atoms with Crippen molar-refractivity contribution in [1.29, 1.82) is 5.26 Å². The Balaban J connectivity index is 1.42. The van der Waals surface area contributed by atoms with E-state index in [1.54, 1.807) is 12.0 Å². The number of rotatable bonds is 9. The molecule has 1 amide bonds. The van der Waals surface area contributed by atoms with Crippen LogP contribution in [-0.4, -0.2) is 103 Å². The molecule has 43 heavy (non-hydrogen) atoms. The van der Waals surface area contributed by atoms with Gasteiger partial charge in [-0.15, -0.1) is 0 Å². The lowest BCUT2D eigenvalue weighted by atomic mass is 9.87. The van der Waals surface area contributed by atoms with Crippen molar-refractivity contribution in [3.63, 3.8) is 0 Å². The normalized spacial score (nSPS) is 26.6. The molecule has 0 aliphatic carbocycles. The molecule has 1 aromatic carbocycles. The molecule has 4 aliphatic rings. The highest BCUT2D eigenvalue weighted by atomic mass is 16.5. The first kappa shape index (κ1) is 30.9. The molecule has 4 aliphatic heterocycles. The van der Waals surface area contributed by atoms with Gasteiger partial charge in [0.15, 0.2) is 6.17 Å². The van der Waals surface area contributed by atoms with Crippen molar-refractivity contribution in [2.45, 2.75) is 63.8 Å². The first-order valence-electron chi connectivity index (χ1n) is 15.1. The molecule has 4 heterocycles. The third-order valence-electron chi connectivity index (χ3n) is 8.97. The Morgan fingerprint density at radius 2 is 2.07 bits per heavy atom.